The van der Waals surface area contributed by atoms with E-state index in [1.807, 2.05) is 11.6 Å². The molecule has 19 heavy (non-hydrogen) atoms. The van der Waals surface area contributed by atoms with Gasteiger partial charge in [-0.25, -0.2) is 4.98 Å². The van der Waals surface area contributed by atoms with Gasteiger partial charge in [-0.05, 0) is 23.6 Å². The average molecular weight is 274 g/mol. The van der Waals surface area contributed by atoms with Crippen LogP contribution in [0.4, 0.5) is 0 Å². The minimum Gasteiger partial charge on any atom is -0.493 e. The Hall–Kier alpha value is -1.39. The van der Waals surface area contributed by atoms with E-state index in [9.17, 15) is 0 Å². The van der Waals surface area contributed by atoms with Crippen LogP contribution in [0.25, 0.3) is 0 Å². The molecule has 1 N–H and O–H groups in total. The van der Waals surface area contributed by atoms with Crippen molar-refractivity contribution in [3.8, 4) is 5.75 Å². The summed E-state index contributed by atoms with van der Waals surface area (Å²) in [6.07, 6.45) is 3.96. The van der Waals surface area contributed by atoms with Gasteiger partial charge in [0.05, 0.1) is 6.61 Å². The zero-order valence-corrected chi connectivity index (χ0v) is 11.9. The topological polar surface area (TPSA) is 34.2 Å². The Balaban J connectivity index is 1.71. The minimum atomic E-state index is 0.384. The standard InChI is InChI=1S/C15H18N2OS/c1-2-13(17-10-15-16-6-8-19-15)11-3-4-14-12(9-11)5-7-18-14/h3-4,6,8-9,13,17H,2,5,7,10H2,1H3. The molecule has 1 atom stereocenters. The van der Waals surface area contributed by atoms with Gasteiger partial charge in [-0.1, -0.05) is 19.1 Å². The van der Waals surface area contributed by atoms with E-state index in [1.165, 1.54) is 11.1 Å². The van der Waals surface area contributed by atoms with Crippen LogP contribution in [-0.4, -0.2) is 11.6 Å². The van der Waals surface area contributed by atoms with Crippen LogP contribution >= 0.6 is 11.3 Å². The molecule has 2 heterocycles. The second kappa shape index (κ2) is 5.72. The predicted molar refractivity (Wildman–Crippen MR) is 77.6 cm³/mol. The quantitative estimate of drug-likeness (QED) is 0.908. The number of nitrogens with one attached hydrogen (secondary N) is 1. The van der Waals surface area contributed by atoms with Crippen molar-refractivity contribution in [2.45, 2.75) is 32.4 Å². The number of fused-ring (bicyclic) bond motifs is 1. The largest absolute Gasteiger partial charge is 0.493 e. The summed E-state index contributed by atoms with van der Waals surface area (Å²) in [5.74, 6) is 1.05. The summed E-state index contributed by atoms with van der Waals surface area (Å²) in [4.78, 5) is 4.31. The van der Waals surface area contributed by atoms with Crippen molar-refractivity contribution in [1.29, 1.82) is 0 Å². The number of hydrogen-bond acceptors (Lipinski definition) is 4. The lowest BCUT2D eigenvalue weighted by Gasteiger charge is -2.17. The fraction of sp³-hybridized carbons (Fsp3) is 0.400. The first kappa shape index (κ1) is 12.6. The van der Waals surface area contributed by atoms with Gasteiger partial charge in [0.25, 0.3) is 0 Å². The first-order valence-corrected chi connectivity index (χ1v) is 7.62. The summed E-state index contributed by atoms with van der Waals surface area (Å²) in [7, 11) is 0. The fourth-order valence-electron chi connectivity index (χ4n) is 2.47. The molecule has 0 saturated heterocycles. The van der Waals surface area contributed by atoms with Crippen molar-refractivity contribution in [2.24, 2.45) is 0 Å². The Labute approximate surface area is 117 Å². The fourth-order valence-corrected chi connectivity index (χ4v) is 3.04. The Morgan fingerprint density at radius 1 is 1.47 bits per heavy atom. The summed E-state index contributed by atoms with van der Waals surface area (Å²) in [5, 5.41) is 6.75. The van der Waals surface area contributed by atoms with Crippen LogP contribution in [0, 0.1) is 0 Å². The van der Waals surface area contributed by atoms with Crippen molar-refractivity contribution in [3.63, 3.8) is 0 Å². The van der Waals surface area contributed by atoms with Crippen LogP contribution in [0.15, 0.2) is 29.8 Å². The van der Waals surface area contributed by atoms with Gasteiger partial charge in [-0.15, -0.1) is 11.3 Å². The molecule has 1 aliphatic heterocycles. The van der Waals surface area contributed by atoms with Gasteiger partial charge in [0.2, 0.25) is 0 Å². The number of thiazole rings is 1. The molecule has 0 saturated carbocycles. The van der Waals surface area contributed by atoms with E-state index in [2.05, 4.69) is 35.4 Å². The number of nitrogens with zero attached hydrogens (tertiary/aromatic N) is 1. The zero-order valence-electron chi connectivity index (χ0n) is 11.1. The molecule has 1 aromatic carbocycles. The van der Waals surface area contributed by atoms with Crippen LogP contribution in [0.2, 0.25) is 0 Å². The van der Waals surface area contributed by atoms with Gasteiger partial charge < -0.3 is 10.1 Å². The molecule has 2 aromatic rings. The minimum absolute atomic E-state index is 0.384. The number of ether oxygens (including phenoxy) is 1. The van der Waals surface area contributed by atoms with Crippen LogP contribution in [0.3, 0.4) is 0 Å². The lowest BCUT2D eigenvalue weighted by Crippen LogP contribution is -2.20. The zero-order chi connectivity index (χ0) is 13.1. The monoisotopic (exact) mass is 274 g/mol. The first-order valence-electron chi connectivity index (χ1n) is 6.74. The van der Waals surface area contributed by atoms with Crippen molar-refractivity contribution < 1.29 is 4.74 Å². The summed E-state index contributed by atoms with van der Waals surface area (Å²) >= 11 is 1.70. The molecule has 3 nitrogen and oxygen atoms in total. The van der Waals surface area contributed by atoms with E-state index in [0.29, 0.717) is 6.04 Å². The highest BCUT2D eigenvalue weighted by atomic mass is 32.1. The highest BCUT2D eigenvalue weighted by Gasteiger charge is 2.15. The van der Waals surface area contributed by atoms with Gasteiger partial charge in [0.15, 0.2) is 0 Å². The third kappa shape index (κ3) is 2.80. The molecule has 1 unspecified atom stereocenters. The Morgan fingerprint density at radius 2 is 2.42 bits per heavy atom. The summed E-state index contributed by atoms with van der Waals surface area (Å²) in [6, 6.07) is 6.94. The van der Waals surface area contributed by atoms with Crippen molar-refractivity contribution in [2.75, 3.05) is 6.61 Å². The van der Waals surface area contributed by atoms with Gasteiger partial charge in [0, 0.05) is 30.6 Å². The number of aromatic nitrogens is 1. The van der Waals surface area contributed by atoms with Crippen LogP contribution in [-0.2, 0) is 13.0 Å². The maximum absolute atomic E-state index is 5.56. The number of rotatable bonds is 5. The van der Waals surface area contributed by atoms with E-state index in [4.69, 9.17) is 4.74 Å². The molecule has 1 aromatic heterocycles. The molecular formula is C15H18N2OS. The van der Waals surface area contributed by atoms with Crippen LogP contribution < -0.4 is 10.1 Å². The lowest BCUT2D eigenvalue weighted by molar-refractivity contribution is 0.356. The smallest absolute Gasteiger partial charge is 0.122 e. The SMILES string of the molecule is CCC(NCc1nccs1)c1ccc2c(c1)CCO2. The molecule has 0 spiro atoms. The molecule has 0 amide bonds. The molecule has 100 valence electrons. The van der Waals surface area contributed by atoms with E-state index >= 15 is 0 Å². The number of hydrogen-bond donors (Lipinski definition) is 1. The molecule has 4 heteroatoms. The summed E-state index contributed by atoms with van der Waals surface area (Å²) < 4.78 is 5.56. The second-order valence-electron chi connectivity index (χ2n) is 4.73. The summed E-state index contributed by atoms with van der Waals surface area (Å²) in [6.45, 7) is 3.87. The van der Waals surface area contributed by atoms with Gasteiger partial charge in [0.1, 0.15) is 10.8 Å². The normalized spacial score (nSPS) is 15.0. The van der Waals surface area contributed by atoms with Gasteiger partial charge in [-0.2, -0.15) is 0 Å². The van der Waals surface area contributed by atoms with Crippen LogP contribution in [0.5, 0.6) is 5.75 Å². The maximum atomic E-state index is 5.56. The van der Waals surface area contributed by atoms with Crippen molar-refractivity contribution in [3.05, 3.63) is 45.9 Å². The van der Waals surface area contributed by atoms with E-state index in [1.54, 1.807) is 11.3 Å². The molecule has 0 aliphatic carbocycles. The van der Waals surface area contributed by atoms with Crippen molar-refractivity contribution in [1.82, 2.24) is 10.3 Å². The maximum Gasteiger partial charge on any atom is 0.122 e. The average Bonchev–Trinajstić information content (AvgIpc) is 3.09. The predicted octanol–water partition coefficient (Wildman–Crippen LogP) is 3.32. The van der Waals surface area contributed by atoms with Crippen molar-refractivity contribution >= 4 is 11.3 Å². The Bertz CT molecular complexity index is 539. The highest BCUT2D eigenvalue weighted by molar-refractivity contribution is 7.09. The highest BCUT2D eigenvalue weighted by Crippen LogP contribution is 2.29. The molecule has 0 radical (unpaired) electrons. The Kier molecular flexibility index (Phi) is 3.80. The number of benzene rings is 1. The van der Waals surface area contributed by atoms with E-state index in [0.717, 1.165) is 36.8 Å². The Morgan fingerprint density at radius 3 is 3.21 bits per heavy atom. The van der Waals surface area contributed by atoms with E-state index in [-0.39, 0.29) is 0 Å². The first-order chi connectivity index (χ1) is 9.36. The molecule has 1 aliphatic rings. The molecular weight excluding hydrogens is 256 g/mol. The van der Waals surface area contributed by atoms with Gasteiger partial charge >= 0.3 is 0 Å². The van der Waals surface area contributed by atoms with Crippen LogP contribution in [0.1, 0.15) is 35.5 Å². The van der Waals surface area contributed by atoms with Gasteiger partial charge in [-0.3, -0.25) is 0 Å². The summed E-state index contributed by atoms with van der Waals surface area (Å²) in [5.41, 5.74) is 2.69. The molecule has 0 fully saturated rings. The molecule has 3 rings (SSSR count). The third-order valence-corrected chi connectivity index (χ3v) is 4.29. The lowest BCUT2D eigenvalue weighted by atomic mass is 10.0. The molecule has 0 bridgehead atoms. The van der Waals surface area contributed by atoms with E-state index < -0.39 is 0 Å². The third-order valence-electron chi connectivity index (χ3n) is 3.51. The second-order valence-corrected chi connectivity index (χ2v) is 5.71.